The van der Waals surface area contributed by atoms with Crippen LogP contribution in [0.2, 0.25) is 0 Å². The van der Waals surface area contributed by atoms with Crippen molar-refractivity contribution in [2.24, 2.45) is 0 Å². The van der Waals surface area contributed by atoms with Crippen molar-refractivity contribution in [3.8, 4) is 17.2 Å². The second-order valence-electron chi connectivity index (χ2n) is 11.5. The minimum absolute atomic E-state index is 0.463. The highest BCUT2D eigenvalue weighted by Gasteiger charge is 2.09. The molecule has 3 rings (SSSR count). The van der Waals surface area contributed by atoms with Crippen molar-refractivity contribution in [2.75, 3.05) is 6.61 Å². The molecular formula is C40H50O3. The third-order valence-electron chi connectivity index (χ3n) is 7.23. The summed E-state index contributed by atoms with van der Waals surface area (Å²) in [5, 5.41) is 0. The largest absolute Gasteiger partial charge is 0.489 e. The fourth-order valence-corrected chi connectivity index (χ4v) is 4.55. The van der Waals surface area contributed by atoms with E-state index in [4.69, 9.17) is 14.2 Å². The average molecular weight is 579 g/mol. The Hall–Kier alpha value is -3.98. The quantitative estimate of drug-likeness (QED) is 0.141. The van der Waals surface area contributed by atoms with E-state index >= 15 is 0 Å². The minimum atomic E-state index is 0.463. The molecule has 0 spiro atoms. The van der Waals surface area contributed by atoms with Crippen LogP contribution in [0.5, 0.6) is 17.2 Å². The highest BCUT2D eigenvalue weighted by atomic mass is 16.5. The summed E-state index contributed by atoms with van der Waals surface area (Å²) in [5.41, 5.74) is 7.92. The topological polar surface area (TPSA) is 27.7 Å². The van der Waals surface area contributed by atoms with Crippen molar-refractivity contribution in [1.82, 2.24) is 0 Å². The Morgan fingerprint density at radius 3 is 1.58 bits per heavy atom. The van der Waals surface area contributed by atoms with Crippen molar-refractivity contribution in [3.05, 3.63) is 137 Å². The van der Waals surface area contributed by atoms with Gasteiger partial charge in [0, 0.05) is 6.07 Å². The van der Waals surface area contributed by atoms with Gasteiger partial charge in [0.05, 0.1) is 0 Å². The molecule has 0 bridgehead atoms. The molecule has 0 aliphatic heterocycles. The Bertz CT molecular complexity index is 1340. The first-order chi connectivity index (χ1) is 20.9. The summed E-state index contributed by atoms with van der Waals surface area (Å²) in [7, 11) is 0. The molecule has 0 radical (unpaired) electrons. The highest BCUT2D eigenvalue weighted by Crippen LogP contribution is 2.33. The number of benzene rings is 3. The fraction of sp³-hybridized carbons (Fsp3) is 0.350. The van der Waals surface area contributed by atoms with Crippen LogP contribution in [0.3, 0.4) is 0 Å². The van der Waals surface area contributed by atoms with E-state index in [-0.39, 0.29) is 0 Å². The lowest BCUT2D eigenvalue weighted by Gasteiger charge is -2.15. The van der Waals surface area contributed by atoms with Crippen molar-refractivity contribution < 1.29 is 14.2 Å². The molecule has 0 aliphatic rings. The molecule has 43 heavy (non-hydrogen) atoms. The lowest BCUT2D eigenvalue weighted by molar-refractivity contribution is 0.267. The third kappa shape index (κ3) is 14.2. The summed E-state index contributed by atoms with van der Waals surface area (Å²) in [5.74, 6) is 2.15. The molecule has 0 N–H and O–H groups in total. The van der Waals surface area contributed by atoms with Crippen molar-refractivity contribution >= 4 is 0 Å². The van der Waals surface area contributed by atoms with E-state index in [1.807, 2.05) is 54.6 Å². The average Bonchev–Trinajstić information content (AvgIpc) is 3.00. The summed E-state index contributed by atoms with van der Waals surface area (Å²) in [6.45, 7) is 12.5. The number of ether oxygens (including phenoxy) is 3. The number of rotatable bonds is 18. The Morgan fingerprint density at radius 2 is 1.02 bits per heavy atom. The molecule has 0 aromatic heterocycles. The molecule has 3 aromatic carbocycles. The molecule has 0 saturated heterocycles. The maximum absolute atomic E-state index is 6.20. The zero-order chi connectivity index (χ0) is 30.7. The van der Waals surface area contributed by atoms with Crippen LogP contribution in [0.25, 0.3) is 0 Å². The van der Waals surface area contributed by atoms with Gasteiger partial charge >= 0.3 is 0 Å². The molecule has 0 amide bonds. The van der Waals surface area contributed by atoms with E-state index in [1.165, 1.54) is 22.3 Å². The maximum atomic E-state index is 6.20. The fourth-order valence-electron chi connectivity index (χ4n) is 4.55. The predicted octanol–water partition coefficient (Wildman–Crippen LogP) is 11.4. The Kier molecular flexibility index (Phi) is 15.0. The van der Waals surface area contributed by atoms with Gasteiger partial charge in [0.15, 0.2) is 11.5 Å². The van der Waals surface area contributed by atoms with Gasteiger partial charge in [-0.1, -0.05) is 101 Å². The Morgan fingerprint density at radius 1 is 0.512 bits per heavy atom. The van der Waals surface area contributed by atoms with Gasteiger partial charge in [-0.3, -0.25) is 0 Å². The van der Waals surface area contributed by atoms with Crippen LogP contribution >= 0.6 is 0 Å². The monoisotopic (exact) mass is 578 g/mol. The maximum Gasteiger partial charge on any atom is 0.165 e. The summed E-state index contributed by atoms with van der Waals surface area (Å²) in [6.07, 6.45) is 15.9. The summed E-state index contributed by atoms with van der Waals surface area (Å²) in [4.78, 5) is 0. The SMILES string of the molecule is CC(C)=CCCC(C)=CCCC(C)=CCCC(C)=CCOc1ccc(OCc2ccccc2)cc1OCc1ccccc1. The van der Waals surface area contributed by atoms with Crippen LogP contribution < -0.4 is 14.2 Å². The van der Waals surface area contributed by atoms with Crippen LogP contribution in [0, 0.1) is 0 Å². The molecule has 3 heteroatoms. The van der Waals surface area contributed by atoms with Crippen LogP contribution in [-0.4, -0.2) is 6.61 Å². The van der Waals surface area contributed by atoms with Crippen LogP contribution in [-0.2, 0) is 13.2 Å². The van der Waals surface area contributed by atoms with Gasteiger partial charge in [0.1, 0.15) is 25.6 Å². The molecule has 3 nitrogen and oxygen atoms in total. The standard InChI is InChI=1S/C40H50O3/c1-32(2)15-12-16-33(3)17-13-18-34(4)19-14-20-35(5)27-28-41-39-26-25-38(42-30-36-21-8-6-9-22-36)29-40(39)43-31-37-23-10-7-11-24-37/h6-11,15,17,19,21-27,29H,12-14,16,18,20,28,30-31H2,1-5H3. The smallest absolute Gasteiger partial charge is 0.165 e. The van der Waals surface area contributed by atoms with Gasteiger partial charge < -0.3 is 14.2 Å². The van der Waals surface area contributed by atoms with Crippen molar-refractivity contribution in [3.63, 3.8) is 0 Å². The van der Waals surface area contributed by atoms with E-state index < -0.39 is 0 Å². The van der Waals surface area contributed by atoms with Crippen molar-refractivity contribution in [2.45, 2.75) is 86.4 Å². The molecule has 228 valence electrons. The van der Waals surface area contributed by atoms with Crippen LogP contribution in [0.1, 0.15) is 84.3 Å². The van der Waals surface area contributed by atoms with Gasteiger partial charge in [-0.05, 0) is 102 Å². The van der Waals surface area contributed by atoms with Crippen LogP contribution in [0.4, 0.5) is 0 Å². The van der Waals surface area contributed by atoms with Gasteiger partial charge in [-0.2, -0.15) is 0 Å². The first kappa shape index (κ1) is 33.5. The van der Waals surface area contributed by atoms with Gasteiger partial charge in [0.25, 0.3) is 0 Å². The number of hydrogen-bond donors (Lipinski definition) is 0. The Balaban J connectivity index is 1.49. The van der Waals surface area contributed by atoms with Crippen molar-refractivity contribution in [1.29, 1.82) is 0 Å². The van der Waals surface area contributed by atoms with E-state index in [1.54, 1.807) is 0 Å². The van der Waals surface area contributed by atoms with Gasteiger partial charge in [-0.15, -0.1) is 0 Å². The van der Waals surface area contributed by atoms with E-state index in [2.05, 4.69) is 83.2 Å². The molecule has 0 saturated carbocycles. The molecule has 0 heterocycles. The zero-order valence-corrected chi connectivity index (χ0v) is 26.9. The lowest BCUT2D eigenvalue weighted by atomic mass is 10.0. The molecule has 3 aromatic rings. The zero-order valence-electron chi connectivity index (χ0n) is 26.9. The highest BCUT2D eigenvalue weighted by molar-refractivity contribution is 5.46. The minimum Gasteiger partial charge on any atom is -0.489 e. The normalized spacial score (nSPS) is 12.2. The molecule has 0 fully saturated rings. The molecule has 0 unspecified atom stereocenters. The van der Waals surface area contributed by atoms with E-state index in [0.717, 1.165) is 55.4 Å². The second-order valence-corrected chi connectivity index (χ2v) is 11.5. The Labute approximate surface area is 260 Å². The molecule has 0 atom stereocenters. The van der Waals surface area contributed by atoms with Gasteiger partial charge in [-0.25, -0.2) is 0 Å². The second kappa shape index (κ2) is 19.3. The first-order valence-electron chi connectivity index (χ1n) is 15.6. The summed E-state index contributed by atoms with van der Waals surface area (Å²) < 4.78 is 18.4. The van der Waals surface area contributed by atoms with Crippen LogP contribution in [0.15, 0.2) is 125 Å². The number of allylic oxidation sites excluding steroid dienone is 7. The molecular weight excluding hydrogens is 528 g/mol. The molecule has 0 aliphatic carbocycles. The summed E-state index contributed by atoms with van der Waals surface area (Å²) in [6, 6.07) is 26.1. The van der Waals surface area contributed by atoms with Gasteiger partial charge in [0.2, 0.25) is 0 Å². The lowest BCUT2D eigenvalue weighted by Crippen LogP contribution is -2.02. The summed E-state index contributed by atoms with van der Waals surface area (Å²) >= 11 is 0. The predicted molar refractivity (Wildman–Crippen MR) is 182 cm³/mol. The number of hydrogen-bond acceptors (Lipinski definition) is 3. The third-order valence-corrected chi connectivity index (χ3v) is 7.23. The first-order valence-corrected chi connectivity index (χ1v) is 15.6. The van der Waals surface area contributed by atoms with E-state index in [9.17, 15) is 0 Å². The van der Waals surface area contributed by atoms with E-state index in [0.29, 0.717) is 31.3 Å².